The van der Waals surface area contributed by atoms with E-state index in [0.29, 0.717) is 18.4 Å². The van der Waals surface area contributed by atoms with Crippen LogP contribution in [0.4, 0.5) is 8.78 Å². The van der Waals surface area contributed by atoms with E-state index in [2.05, 4.69) is 4.99 Å². The molecule has 0 saturated heterocycles. The molecule has 5 rings (SSSR count). The number of guanidine groups is 1. The average Bonchev–Trinajstić information content (AvgIpc) is 2.97. The molecule has 2 heterocycles. The average molecular weight is 554 g/mol. The van der Waals surface area contributed by atoms with Gasteiger partial charge in [0.25, 0.3) is 5.92 Å². The summed E-state index contributed by atoms with van der Waals surface area (Å²) in [6.07, 6.45) is 8.67. The van der Waals surface area contributed by atoms with Crippen molar-refractivity contribution < 1.29 is 28.2 Å². The summed E-state index contributed by atoms with van der Waals surface area (Å²) in [6, 6.07) is 3.21. The second-order valence-corrected chi connectivity index (χ2v) is 12.4. The lowest BCUT2D eigenvalue weighted by atomic mass is 9.78. The minimum Gasteiger partial charge on any atom is -0.485 e. The molecule has 3 atom stereocenters. The zero-order valence-electron chi connectivity index (χ0n) is 23.4. The van der Waals surface area contributed by atoms with Crippen LogP contribution in [-0.2, 0) is 15.5 Å². The first-order chi connectivity index (χ1) is 18.7. The molecule has 0 fully saturated rings. The molecule has 3 N–H and O–H groups in total. The molecule has 0 unspecified atom stereocenters. The first-order valence-electron chi connectivity index (χ1n) is 13.9. The number of carbonyl (C=O) groups is 2. The molecule has 9 heteroatoms. The van der Waals surface area contributed by atoms with Gasteiger partial charge in [-0.25, -0.2) is 13.8 Å². The maximum Gasteiger partial charge on any atom is 0.275 e. The van der Waals surface area contributed by atoms with Gasteiger partial charge in [-0.1, -0.05) is 30.4 Å². The number of nitrogens with two attached hydrogens (primary N) is 1. The van der Waals surface area contributed by atoms with Crippen molar-refractivity contribution in [3.05, 3.63) is 70.5 Å². The zero-order valence-corrected chi connectivity index (χ0v) is 23.4. The molecule has 2 aliphatic heterocycles. The van der Waals surface area contributed by atoms with Crippen molar-refractivity contribution in [3.8, 4) is 0 Å². The maximum atomic E-state index is 15.0. The number of fused-ring (bicyclic) bond motifs is 1. The minimum absolute atomic E-state index is 0.0573. The van der Waals surface area contributed by atoms with E-state index in [4.69, 9.17) is 10.5 Å². The van der Waals surface area contributed by atoms with E-state index in [0.717, 1.165) is 22.7 Å². The standard InChI is InChI=1S/C31H37F2N3O4/c1-29(2)17-26(38)36(28(34)35-29)23-16-31(32,33)22-14-13-18(15-21(22)23)24(37)11-8-10-20-19-9-6-5-7-12-25(19)40-30(3,4)27(20)39/h6-7,9,12-15,20,23,27,39H,5,8,10-11,16-17H2,1-4H3,(H2,34,35)/t20-,23-,27+/m1/s1. The summed E-state index contributed by atoms with van der Waals surface area (Å²) in [5, 5.41) is 11.1. The predicted molar refractivity (Wildman–Crippen MR) is 148 cm³/mol. The molecule has 0 aromatic heterocycles. The molecular formula is C31H37F2N3O4. The molecule has 0 radical (unpaired) electrons. The monoisotopic (exact) mass is 553 g/mol. The van der Waals surface area contributed by atoms with Gasteiger partial charge in [0.15, 0.2) is 11.7 Å². The van der Waals surface area contributed by atoms with Crippen molar-refractivity contribution in [2.45, 2.75) is 95.4 Å². The highest BCUT2D eigenvalue weighted by Gasteiger charge is 2.50. The van der Waals surface area contributed by atoms with Gasteiger partial charge in [-0.15, -0.1) is 0 Å². The van der Waals surface area contributed by atoms with Gasteiger partial charge in [0.2, 0.25) is 5.91 Å². The Labute approximate surface area is 233 Å². The second kappa shape index (κ2) is 9.94. The van der Waals surface area contributed by atoms with Gasteiger partial charge in [0.1, 0.15) is 17.5 Å². The van der Waals surface area contributed by atoms with Crippen LogP contribution in [0.3, 0.4) is 0 Å². The molecule has 0 spiro atoms. The number of allylic oxidation sites excluding steroid dienone is 4. The largest absolute Gasteiger partial charge is 0.485 e. The highest BCUT2D eigenvalue weighted by atomic mass is 19.3. The van der Waals surface area contributed by atoms with Gasteiger partial charge in [0, 0.05) is 29.9 Å². The predicted octanol–water partition coefficient (Wildman–Crippen LogP) is 5.46. The molecule has 4 aliphatic rings. The van der Waals surface area contributed by atoms with E-state index in [-0.39, 0.29) is 47.5 Å². The highest BCUT2D eigenvalue weighted by molar-refractivity contribution is 6.00. The number of ether oxygens (including phenoxy) is 1. The fourth-order valence-corrected chi connectivity index (χ4v) is 6.32. The molecule has 1 aromatic carbocycles. The van der Waals surface area contributed by atoms with Crippen LogP contribution in [0.5, 0.6) is 0 Å². The summed E-state index contributed by atoms with van der Waals surface area (Å²) < 4.78 is 36.1. The number of Topliss-reactive ketones (excluding diaryl/α,β-unsaturated/α-hetero) is 1. The van der Waals surface area contributed by atoms with Crippen LogP contribution >= 0.6 is 0 Å². The summed E-state index contributed by atoms with van der Waals surface area (Å²) in [7, 11) is 0. The fraction of sp³-hybridized carbons (Fsp3) is 0.516. The number of hydrogen-bond donors (Lipinski definition) is 2. The number of hydrogen-bond acceptors (Lipinski definition) is 6. The lowest BCUT2D eigenvalue weighted by molar-refractivity contribution is -0.132. The lowest BCUT2D eigenvalue weighted by Gasteiger charge is -2.42. The first kappa shape index (κ1) is 28.2. The molecule has 0 saturated carbocycles. The van der Waals surface area contributed by atoms with Crippen LogP contribution in [-0.4, -0.2) is 44.9 Å². The Morgan fingerprint density at radius 3 is 2.65 bits per heavy atom. The van der Waals surface area contributed by atoms with Crippen molar-refractivity contribution in [1.29, 1.82) is 0 Å². The van der Waals surface area contributed by atoms with Gasteiger partial charge in [-0.05, 0) is 70.2 Å². The molecule has 1 aromatic rings. The molecule has 1 amide bonds. The smallest absolute Gasteiger partial charge is 0.275 e. The summed E-state index contributed by atoms with van der Waals surface area (Å²) in [5.74, 6) is -3.25. The number of ketones is 1. The molecule has 40 heavy (non-hydrogen) atoms. The van der Waals surface area contributed by atoms with E-state index >= 15 is 8.78 Å². The Kier molecular flexibility index (Phi) is 7.01. The Morgan fingerprint density at radius 1 is 1.20 bits per heavy atom. The fourth-order valence-electron chi connectivity index (χ4n) is 6.32. The number of alkyl halides is 2. The second-order valence-electron chi connectivity index (χ2n) is 12.4. The van der Waals surface area contributed by atoms with Gasteiger partial charge < -0.3 is 15.6 Å². The van der Waals surface area contributed by atoms with Gasteiger partial charge in [-0.3, -0.25) is 14.5 Å². The zero-order chi connectivity index (χ0) is 29.0. The lowest BCUT2D eigenvalue weighted by Crippen LogP contribution is -2.51. The minimum atomic E-state index is -3.16. The number of benzene rings is 1. The Bertz CT molecular complexity index is 1360. The quantitative estimate of drug-likeness (QED) is 0.456. The van der Waals surface area contributed by atoms with Crippen molar-refractivity contribution in [2.24, 2.45) is 16.6 Å². The number of halogens is 2. The number of carbonyl (C=O) groups excluding carboxylic acids is 2. The molecule has 2 aliphatic carbocycles. The van der Waals surface area contributed by atoms with Crippen LogP contribution in [0.25, 0.3) is 0 Å². The van der Waals surface area contributed by atoms with Crippen LogP contribution in [0.1, 0.15) is 93.7 Å². The Morgan fingerprint density at radius 2 is 1.93 bits per heavy atom. The van der Waals surface area contributed by atoms with Crippen molar-refractivity contribution in [3.63, 3.8) is 0 Å². The normalized spacial score (nSPS) is 28.0. The van der Waals surface area contributed by atoms with E-state index in [1.807, 2.05) is 38.2 Å². The van der Waals surface area contributed by atoms with Crippen molar-refractivity contribution in [2.75, 3.05) is 0 Å². The van der Waals surface area contributed by atoms with Gasteiger partial charge in [0.05, 0.1) is 18.0 Å². The number of aliphatic imine (C=N–C) groups is 1. The van der Waals surface area contributed by atoms with E-state index in [9.17, 15) is 14.7 Å². The number of aliphatic hydroxyl groups is 1. The van der Waals surface area contributed by atoms with Gasteiger partial charge >= 0.3 is 0 Å². The Balaban J connectivity index is 1.34. The summed E-state index contributed by atoms with van der Waals surface area (Å²) >= 11 is 0. The third-order valence-electron chi connectivity index (χ3n) is 8.31. The summed E-state index contributed by atoms with van der Waals surface area (Å²) in [4.78, 5) is 31.7. The van der Waals surface area contributed by atoms with Gasteiger partial charge in [-0.2, -0.15) is 0 Å². The number of rotatable bonds is 6. The number of amides is 1. The van der Waals surface area contributed by atoms with E-state index in [1.54, 1.807) is 13.8 Å². The number of aliphatic hydroxyl groups excluding tert-OH is 1. The highest BCUT2D eigenvalue weighted by Crippen LogP contribution is 2.50. The maximum absolute atomic E-state index is 15.0. The SMILES string of the molecule is CC1(C)CC(=O)N([C@@H]2CC(F)(F)c3ccc(C(=O)CCC[C@@H]4C5=C(C=CCC=C5)OC(C)(C)[C@H]4O)cc32)C(N)=N1. The summed E-state index contributed by atoms with van der Waals surface area (Å²) in [5.41, 5.74) is 5.88. The van der Waals surface area contributed by atoms with Crippen LogP contribution in [0.15, 0.2) is 58.8 Å². The molecule has 214 valence electrons. The van der Waals surface area contributed by atoms with Crippen molar-refractivity contribution >= 4 is 17.6 Å². The van der Waals surface area contributed by atoms with E-state index in [1.165, 1.54) is 18.2 Å². The van der Waals surface area contributed by atoms with Crippen LogP contribution in [0, 0.1) is 5.92 Å². The van der Waals surface area contributed by atoms with Crippen LogP contribution < -0.4 is 5.73 Å². The molecule has 7 nitrogen and oxygen atoms in total. The third-order valence-corrected chi connectivity index (χ3v) is 8.31. The van der Waals surface area contributed by atoms with Crippen molar-refractivity contribution in [1.82, 2.24) is 4.90 Å². The third kappa shape index (κ3) is 5.11. The molecular weight excluding hydrogens is 516 g/mol. The number of nitrogens with zero attached hydrogens (tertiary/aromatic N) is 2. The Hall–Kier alpha value is -3.33. The molecule has 0 bridgehead atoms. The first-order valence-corrected chi connectivity index (χ1v) is 13.9. The summed E-state index contributed by atoms with van der Waals surface area (Å²) in [6.45, 7) is 7.24. The van der Waals surface area contributed by atoms with E-state index < -0.39 is 35.6 Å². The topological polar surface area (TPSA) is 105 Å². The van der Waals surface area contributed by atoms with Crippen LogP contribution in [0.2, 0.25) is 0 Å².